The SMILES string of the molecule is CC(C)=CCc1cccc(C(=O)Nc2cc3ccc(OC4CCNCC4)c(C)c3oc2=O)c1. The molecule has 1 aromatic heterocycles. The summed E-state index contributed by atoms with van der Waals surface area (Å²) in [6, 6.07) is 12.8. The molecule has 6 heteroatoms. The number of carbonyl (C=O) groups excluding carboxylic acids is 1. The van der Waals surface area contributed by atoms with Crippen LogP contribution < -0.4 is 21.0 Å². The van der Waals surface area contributed by atoms with Crippen molar-refractivity contribution in [3.05, 3.63) is 81.2 Å². The summed E-state index contributed by atoms with van der Waals surface area (Å²) in [5, 5.41) is 6.77. The maximum atomic E-state index is 12.8. The Labute approximate surface area is 193 Å². The lowest BCUT2D eigenvalue weighted by atomic mass is 10.1. The number of amides is 1. The summed E-state index contributed by atoms with van der Waals surface area (Å²) in [6.07, 6.45) is 4.91. The van der Waals surface area contributed by atoms with E-state index in [1.54, 1.807) is 12.1 Å². The molecule has 1 aliphatic rings. The fourth-order valence-corrected chi connectivity index (χ4v) is 3.97. The molecule has 0 saturated carbocycles. The van der Waals surface area contributed by atoms with Gasteiger partial charge in [-0.05, 0) is 89.0 Å². The number of ether oxygens (including phenoxy) is 1. The third kappa shape index (κ3) is 5.52. The average molecular weight is 447 g/mol. The number of aryl methyl sites for hydroxylation is 1. The van der Waals surface area contributed by atoms with E-state index in [0.717, 1.165) is 54.6 Å². The van der Waals surface area contributed by atoms with Gasteiger partial charge in [-0.15, -0.1) is 0 Å². The zero-order chi connectivity index (χ0) is 23.4. The Hall–Kier alpha value is -3.38. The van der Waals surface area contributed by atoms with Crippen molar-refractivity contribution in [3.63, 3.8) is 0 Å². The smallest absolute Gasteiger partial charge is 0.360 e. The van der Waals surface area contributed by atoms with Gasteiger partial charge in [0.05, 0.1) is 0 Å². The van der Waals surface area contributed by atoms with Crippen LogP contribution in [0.2, 0.25) is 0 Å². The van der Waals surface area contributed by atoms with E-state index in [0.29, 0.717) is 11.1 Å². The van der Waals surface area contributed by atoms with Crippen LogP contribution >= 0.6 is 0 Å². The van der Waals surface area contributed by atoms with Crippen LogP contribution in [-0.4, -0.2) is 25.1 Å². The Kier molecular flexibility index (Phi) is 6.94. The molecule has 3 aromatic rings. The Balaban J connectivity index is 1.55. The van der Waals surface area contributed by atoms with Gasteiger partial charge in [-0.2, -0.15) is 0 Å². The van der Waals surface area contributed by atoms with Crippen molar-refractivity contribution in [1.29, 1.82) is 0 Å². The summed E-state index contributed by atoms with van der Waals surface area (Å²) in [4.78, 5) is 25.5. The van der Waals surface area contributed by atoms with Crippen molar-refractivity contribution < 1.29 is 13.9 Å². The van der Waals surface area contributed by atoms with Gasteiger partial charge in [-0.3, -0.25) is 4.79 Å². The summed E-state index contributed by atoms with van der Waals surface area (Å²) in [6.45, 7) is 7.85. The maximum absolute atomic E-state index is 12.8. The fourth-order valence-electron chi connectivity index (χ4n) is 3.97. The summed E-state index contributed by atoms with van der Waals surface area (Å²) in [7, 11) is 0. The quantitative estimate of drug-likeness (QED) is 0.412. The summed E-state index contributed by atoms with van der Waals surface area (Å²) in [5.74, 6) is 0.380. The third-order valence-electron chi connectivity index (χ3n) is 5.86. The molecule has 4 rings (SSSR count). The highest BCUT2D eigenvalue weighted by molar-refractivity contribution is 6.05. The second kappa shape index (κ2) is 10.0. The number of benzene rings is 2. The predicted octanol–water partition coefficient (Wildman–Crippen LogP) is 4.99. The number of piperidine rings is 1. The molecule has 0 bridgehead atoms. The molecule has 1 fully saturated rings. The van der Waals surface area contributed by atoms with E-state index in [9.17, 15) is 9.59 Å². The minimum Gasteiger partial charge on any atom is -0.490 e. The first-order valence-corrected chi connectivity index (χ1v) is 11.4. The molecule has 1 saturated heterocycles. The number of nitrogens with one attached hydrogen (secondary N) is 2. The molecule has 6 nitrogen and oxygen atoms in total. The van der Waals surface area contributed by atoms with Crippen molar-refractivity contribution in [2.75, 3.05) is 18.4 Å². The molecule has 0 spiro atoms. The zero-order valence-electron chi connectivity index (χ0n) is 19.4. The largest absolute Gasteiger partial charge is 0.490 e. The van der Waals surface area contributed by atoms with Gasteiger partial charge in [-0.1, -0.05) is 23.8 Å². The van der Waals surface area contributed by atoms with E-state index in [1.807, 2.05) is 51.1 Å². The molecule has 2 aromatic carbocycles. The molecular formula is C27H30N2O4. The fraction of sp³-hybridized carbons (Fsp3) is 0.333. The Morgan fingerprint density at radius 2 is 1.97 bits per heavy atom. The number of carbonyl (C=O) groups is 1. The lowest BCUT2D eigenvalue weighted by molar-refractivity contribution is 0.102. The van der Waals surface area contributed by atoms with Gasteiger partial charge in [0, 0.05) is 16.5 Å². The molecule has 0 atom stereocenters. The predicted molar refractivity (Wildman–Crippen MR) is 131 cm³/mol. The van der Waals surface area contributed by atoms with Crippen molar-refractivity contribution in [1.82, 2.24) is 5.32 Å². The summed E-state index contributed by atoms with van der Waals surface area (Å²) >= 11 is 0. The number of rotatable bonds is 6. The highest BCUT2D eigenvalue weighted by Gasteiger charge is 2.18. The lowest BCUT2D eigenvalue weighted by Crippen LogP contribution is -2.34. The van der Waals surface area contributed by atoms with Crippen molar-refractivity contribution in [2.24, 2.45) is 0 Å². The molecule has 0 unspecified atom stereocenters. The molecule has 1 aliphatic heterocycles. The second-order valence-electron chi connectivity index (χ2n) is 8.76. The molecule has 172 valence electrons. The number of fused-ring (bicyclic) bond motifs is 1. The van der Waals surface area contributed by atoms with Crippen LogP contribution in [0, 0.1) is 6.92 Å². The minimum absolute atomic E-state index is 0.119. The third-order valence-corrected chi connectivity index (χ3v) is 5.86. The molecule has 1 amide bonds. The molecule has 0 aliphatic carbocycles. The van der Waals surface area contributed by atoms with Crippen LogP contribution in [0.4, 0.5) is 5.69 Å². The summed E-state index contributed by atoms with van der Waals surface area (Å²) < 4.78 is 11.8. The molecule has 33 heavy (non-hydrogen) atoms. The van der Waals surface area contributed by atoms with Crippen molar-refractivity contribution in [3.8, 4) is 5.75 Å². The van der Waals surface area contributed by atoms with Gasteiger partial charge in [0.2, 0.25) is 0 Å². The van der Waals surface area contributed by atoms with Crippen LogP contribution in [0.1, 0.15) is 48.2 Å². The highest BCUT2D eigenvalue weighted by Crippen LogP contribution is 2.29. The van der Waals surface area contributed by atoms with Crippen molar-refractivity contribution in [2.45, 2.75) is 46.1 Å². The first-order valence-electron chi connectivity index (χ1n) is 11.4. The van der Waals surface area contributed by atoms with E-state index in [4.69, 9.17) is 9.15 Å². The van der Waals surface area contributed by atoms with Gasteiger partial charge < -0.3 is 19.8 Å². The van der Waals surface area contributed by atoms with Gasteiger partial charge in [0.15, 0.2) is 0 Å². The summed E-state index contributed by atoms with van der Waals surface area (Å²) in [5.41, 5.74) is 3.55. The normalized spacial score (nSPS) is 14.2. The van der Waals surface area contributed by atoms with Gasteiger partial charge >= 0.3 is 5.63 Å². The Bertz CT molecular complexity index is 1250. The zero-order valence-corrected chi connectivity index (χ0v) is 19.4. The molecule has 0 radical (unpaired) electrons. The maximum Gasteiger partial charge on any atom is 0.360 e. The van der Waals surface area contributed by atoms with E-state index in [1.165, 1.54) is 5.57 Å². The second-order valence-corrected chi connectivity index (χ2v) is 8.76. The number of allylic oxidation sites excluding steroid dienone is 2. The van der Waals surface area contributed by atoms with E-state index >= 15 is 0 Å². The van der Waals surface area contributed by atoms with E-state index in [-0.39, 0.29) is 17.7 Å². The number of anilines is 1. The Morgan fingerprint density at radius 1 is 1.18 bits per heavy atom. The van der Waals surface area contributed by atoms with Gasteiger partial charge in [0.25, 0.3) is 5.91 Å². The van der Waals surface area contributed by atoms with Crippen molar-refractivity contribution >= 4 is 22.6 Å². The monoisotopic (exact) mass is 446 g/mol. The average Bonchev–Trinajstić information content (AvgIpc) is 2.81. The van der Waals surface area contributed by atoms with Gasteiger partial charge in [0.1, 0.15) is 23.1 Å². The molecule has 2 N–H and O–H groups in total. The Morgan fingerprint density at radius 3 is 2.73 bits per heavy atom. The molecule has 2 heterocycles. The van der Waals surface area contributed by atoms with E-state index < -0.39 is 5.63 Å². The topological polar surface area (TPSA) is 80.6 Å². The number of hydrogen-bond acceptors (Lipinski definition) is 5. The standard InChI is InChI=1S/C27H30N2O4/c1-17(2)7-8-19-5-4-6-21(15-19)26(30)29-23-16-20-9-10-24(18(3)25(20)33-27(23)31)32-22-11-13-28-14-12-22/h4-7,9-10,15-16,22,28H,8,11-14H2,1-3H3,(H,29,30). The number of hydrogen-bond donors (Lipinski definition) is 2. The van der Waals surface area contributed by atoms with Crippen LogP contribution in [0.25, 0.3) is 11.0 Å². The minimum atomic E-state index is -0.585. The van der Waals surface area contributed by atoms with E-state index in [2.05, 4.69) is 16.7 Å². The lowest BCUT2D eigenvalue weighted by Gasteiger charge is -2.24. The molecular weight excluding hydrogens is 416 g/mol. The van der Waals surface area contributed by atoms with Crippen LogP contribution in [0.3, 0.4) is 0 Å². The van der Waals surface area contributed by atoms with Gasteiger partial charge in [-0.25, -0.2) is 4.79 Å². The van der Waals surface area contributed by atoms with Crippen LogP contribution in [0.15, 0.2) is 63.3 Å². The highest BCUT2D eigenvalue weighted by atomic mass is 16.5. The van der Waals surface area contributed by atoms with Crippen LogP contribution in [-0.2, 0) is 6.42 Å². The van der Waals surface area contributed by atoms with Crippen LogP contribution in [0.5, 0.6) is 5.75 Å². The first kappa shape index (κ1) is 22.8. The first-order chi connectivity index (χ1) is 15.9.